The monoisotopic (exact) mass is 270 g/mol. The quantitative estimate of drug-likeness (QED) is 0.862. The van der Waals surface area contributed by atoms with Crippen LogP contribution in [-0.4, -0.2) is 27.7 Å². The minimum atomic E-state index is -5.12. The average molecular weight is 271 g/mol. The van der Waals surface area contributed by atoms with Crippen LogP contribution in [0.1, 0.15) is 10.5 Å². The van der Waals surface area contributed by atoms with Gasteiger partial charge in [0.1, 0.15) is 0 Å². The van der Waals surface area contributed by atoms with E-state index in [4.69, 9.17) is 16.7 Å². The van der Waals surface area contributed by atoms with Crippen molar-refractivity contribution in [3.63, 3.8) is 0 Å². The standard InChI is InChI=1S/C8H6ClF3N2O3/c1-14-2-3(9)4(5(14)6(15)16)13-7(17)8(10,11)12/h2H,1H3,(H,13,17)(H,15,16). The summed E-state index contributed by atoms with van der Waals surface area (Å²) >= 11 is 5.52. The Bertz CT molecular complexity index is 481. The lowest BCUT2D eigenvalue weighted by Gasteiger charge is -2.08. The molecule has 9 heteroatoms. The van der Waals surface area contributed by atoms with E-state index in [1.807, 2.05) is 0 Å². The van der Waals surface area contributed by atoms with Gasteiger partial charge in [-0.25, -0.2) is 4.79 Å². The SMILES string of the molecule is Cn1cc(Cl)c(NC(=O)C(F)(F)F)c1C(=O)O. The number of carboxylic acids is 1. The summed E-state index contributed by atoms with van der Waals surface area (Å²) in [6.45, 7) is 0. The first kappa shape index (κ1) is 13.4. The van der Waals surface area contributed by atoms with Gasteiger partial charge in [0.2, 0.25) is 0 Å². The van der Waals surface area contributed by atoms with E-state index in [1.165, 1.54) is 12.4 Å². The molecule has 1 aromatic rings. The molecule has 1 rings (SSSR count). The van der Waals surface area contributed by atoms with E-state index in [0.29, 0.717) is 0 Å². The number of carbonyl (C=O) groups is 2. The third kappa shape index (κ3) is 2.70. The number of amides is 1. The zero-order valence-corrected chi connectivity index (χ0v) is 9.06. The fraction of sp³-hybridized carbons (Fsp3) is 0.250. The molecule has 0 saturated carbocycles. The molecule has 0 saturated heterocycles. The molecule has 5 nitrogen and oxygen atoms in total. The summed E-state index contributed by atoms with van der Waals surface area (Å²) in [5, 5.41) is 9.90. The minimum Gasteiger partial charge on any atom is -0.477 e. The number of aromatic nitrogens is 1. The highest BCUT2D eigenvalue weighted by Gasteiger charge is 2.40. The summed E-state index contributed by atoms with van der Waals surface area (Å²) in [4.78, 5) is 21.4. The number of aromatic carboxylic acids is 1. The smallest absolute Gasteiger partial charge is 0.471 e. The molecule has 0 aliphatic heterocycles. The highest BCUT2D eigenvalue weighted by atomic mass is 35.5. The number of aryl methyl sites for hydroxylation is 1. The zero-order chi connectivity index (χ0) is 13.4. The maximum absolute atomic E-state index is 12.0. The van der Waals surface area contributed by atoms with Crippen LogP contribution in [-0.2, 0) is 11.8 Å². The van der Waals surface area contributed by atoms with Gasteiger partial charge in [-0.05, 0) is 0 Å². The van der Waals surface area contributed by atoms with Gasteiger partial charge in [-0.15, -0.1) is 0 Å². The van der Waals surface area contributed by atoms with Gasteiger partial charge >= 0.3 is 18.1 Å². The van der Waals surface area contributed by atoms with Crippen LogP contribution in [0.25, 0.3) is 0 Å². The molecule has 94 valence electrons. The van der Waals surface area contributed by atoms with Crippen molar-refractivity contribution in [2.45, 2.75) is 6.18 Å². The van der Waals surface area contributed by atoms with Crippen molar-refractivity contribution in [3.05, 3.63) is 16.9 Å². The second-order valence-corrected chi connectivity index (χ2v) is 3.48. The molecule has 0 spiro atoms. The number of alkyl halides is 3. The van der Waals surface area contributed by atoms with Crippen molar-refractivity contribution in [2.75, 3.05) is 5.32 Å². The Morgan fingerprint density at radius 3 is 2.41 bits per heavy atom. The molecule has 0 unspecified atom stereocenters. The molecule has 0 radical (unpaired) electrons. The summed E-state index contributed by atoms with van der Waals surface area (Å²) in [5.74, 6) is -3.79. The van der Waals surface area contributed by atoms with Gasteiger partial charge < -0.3 is 15.0 Å². The van der Waals surface area contributed by atoms with Crippen molar-refractivity contribution in [2.24, 2.45) is 7.05 Å². The summed E-state index contributed by atoms with van der Waals surface area (Å²) in [7, 11) is 1.28. The number of rotatable bonds is 2. The number of hydrogen-bond donors (Lipinski definition) is 2. The van der Waals surface area contributed by atoms with Crippen molar-refractivity contribution >= 4 is 29.2 Å². The molecule has 1 heterocycles. The molecule has 0 aliphatic rings. The van der Waals surface area contributed by atoms with Crippen molar-refractivity contribution in [3.8, 4) is 0 Å². The lowest BCUT2D eigenvalue weighted by molar-refractivity contribution is -0.167. The van der Waals surface area contributed by atoms with Crippen LogP contribution >= 0.6 is 11.6 Å². The third-order valence-electron chi connectivity index (χ3n) is 1.83. The third-order valence-corrected chi connectivity index (χ3v) is 2.12. The molecule has 0 fully saturated rings. The summed E-state index contributed by atoms with van der Waals surface area (Å²) in [6, 6.07) is 0. The number of carboxylic acid groups (broad SMARTS) is 1. The minimum absolute atomic E-state index is 0.289. The van der Waals surface area contributed by atoms with E-state index in [-0.39, 0.29) is 5.02 Å². The number of hydrogen-bond acceptors (Lipinski definition) is 2. The summed E-state index contributed by atoms with van der Waals surface area (Å²) in [5.41, 5.74) is -1.11. The maximum atomic E-state index is 12.0. The van der Waals surface area contributed by atoms with Crippen LogP contribution in [0, 0.1) is 0 Å². The van der Waals surface area contributed by atoms with Crippen molar-refractivity contribution in [1.29, 1.82) is 0 Å². The topological polar surface area (TPSA) is 71.3 Å². The van der Waals surface area contributed by atoms with Crippen LogP contribution < -0.4 is 5.32 Å². The summed E-state index contributed by atoms with van der Waals surface area (Å²) in [6.07, 6.45) is -4.04. The van der Waals surface area contributed by atoms with Crippen LogP contribution in [0.4, 0.5) is 18.9 Å². The molecule has 0 aromatic carbocycles. The van der Waals surface area contributed by atoms with Gasteiger partial charge in [0.05, 0.1) is 10.7 Å². The molecular weight excluding hydrogens is 265 g/mol. The van der Waals surface area contributed by atoms with Gasteiger partial charge in [-0.2, -0.15) is 13.2 Å². The first-order valence-electron chi connectivity index (χ1n) is 4.11. The number of carbonyl (C=O) groups excluding carboxylic acids is 1. The Balaban J connectivity index is 3.15. The van der Waals surface area contributed by atoms with E-state index < -0.39 is 29.4 Å². The Labute approximate surface area is 97.8 Å². The Kier molecular flexibility index (Phi) is 3.37. The van der Waals surface area contributed by atoms with E-state index in [0.717, 1.165) is 10.8 Å². The van der Waals surface area contributed by atoms with Crippen molar-refractivity contribution in [1.82, 2.24) is 4.57 Å². The lowest BCUT2D eigenvalue weighted by Crippen LogP contribution is -2.30. The van der Waals surface area contributed by atoms with E-state index in [1.54, 1.807) is 0 Å². The van der Waals surface area contributed by atoms with E-state index in [2.05, 4.69) is 0 Å². The van der Waals surface area contributed by atoms with Gasteiger partial charge in [-0.3, -0.25) is 4.79 Å². The predicted octanol–water partition coefficient (Wildman–Crippen LogP) is 1.88. The lowest BCUT2D eigenvalue weighted by atomic mass is 10.3. The second kappa shape index (κ2) is 4.28. The van der Waals surface area contributed by atoms with Gasteiger partial charge in [0.15, 0.2) is 5.69 Å². The maximum Gasteiger partial charge on any atom is 0.471 e. The predicted molar refractivity (Wildman–Crippen MR) is 52.1 cm³/mol. The number of halogens is 4. The van der Waals surface area contributed by atoms with Crippen LogP contribution in [0.5, 0.6) is 0 Å². The number of anilines is 1. The Morgan fingerprint density at radius 2 is 2.00 bits per heavy atom. The molecule has 1 aromatic heterocycles. The van der Waals surface area contributed by atoms with E-state index >= 15 is 0 Å². The van der Waals surface area contributed by atoms with Crippen molar-refractivity contribution < 1.29 is 27.9 Å². The highest BCUT2D eigenvalue weighted by Crippen LogP contribution is 2.29. The molecule has 17 heavy (non-hydrogen) atoms. The number of nitrogens with one attached hydrogen (secondary N) is 1. The van der Waals surface area contributed by atoms with Crippen LogP contribution in [0.15, 0.2) is 6.20 Å². The fourth-order valence-corrected chi connectivity index (χ4v) is 1.43. The van der Waals surface area contributed by atoms with Crippen LogP contribution in [0.2, 0.25) is 5.02 Å². The second-order valence-electron chi connectivity index (χ2n) is 3.07. The molecular formula is C8H6ClF3N2O3. The number of nitrogens with zero attached hydrogens (tertiary/aromatic N) is 1. The zero-order valence-electron chi connectivity index (χ0n) is 8.30. The average Bonchev–Trinajstić information content (AvgIpc) is 2.39. The van der Waals surface area contributed by atoms with E-state index in [9.17, 15) is 22.8 Å². The fourth-order valence-electron chi connectivity index (χ4n) is 1.15. The van der Waals surface area contributed by atoms with Gasteiger partial charge in [-0.1, -0.05) is 11.6 Å². The largest absolute Gasteiger partial charge is 0.477 e. The summed E-state index contributed by atoms with van der Waals surface area (Å²) < 4.78 is 37.0. The molecule has 1 amide bonds. The first-order chi connectivity index (χ1) is 7.64. The molecule has 2 N–H and O–H groups in total. The highest BCUT2D eigenvalue weighted by molar-refractivity contribution is 6.34. The Hall–Kier alpha value is -1.70. The van der Waals surface area contributed by atoms with Gasteiger partial charge in [0.25, 0.3) is 0 Å². The molecule has 0 aliphatic carbocycles. The molecule has 0 bridgehead atoms. The first-order valence-corrected chi connectivity index (χ1v) is 4.48. The van der Waals surface area contributed by atoms with Crippen LogP contribution in [0.3, 0.4) is 0 Å². The normalized spacial score (nSPS) is 11.4. The molecule has 0 atom stereocenters. The Morgan fingerprint density at radius 1 is 1.47 bits per heavy atom. The van der Waals surface area contributed by atoms with Gasteiger partial charge in [0, 0.05) is 13.2 Å².